The van der Waals surface area contributed by atoms with E-state index in [2.05, 4.69) is 21.3 Å². The van der Waals surface area contributed by atoms with Crippen LogP contribution in [0.15, 0.2) is 36.5 Å². The molecular weight excluding hydrogens is 340 g/mol. The van der Waals surface area contributed by atoms with Crippen LogP contribution in [0.5, 0.6) is 0 Å². The summed E-state index contributed by atoms with van der Waals surface area (Å²) in [6.45, 7) is 2.34. The van der Waals surface area contributed by atoms with Crippen LogP contribution in [0.1, 0.15) is 12.0 Å². The van der Waals surface area contributed by atoms with E-state index in [9.17, 15) is 13.6 Å². The fraction of sp³-hybridized carbons (Fsp3) is 0.278. The van der Waals surface area contributed by atoms with Crippen LogP contribution >= 0.6 is 0 Å². The number of aromatic nitrogens is 1. The van der Waals surface area contributed by atoms with Crippen molar-refractivity contribution in [1.82, 2.24) is 4.90 Å². The molecule has 26 heavy (non-hydrogen) atoms. The molecule has 2 amide bonds. The lowest BCUT2D eigenvalue weighted by Crippen LogP contribution is -2.39. The van der Waals surface area contributed by atoms with E-state index in [1.54, 1.807) is 17.2 Å². The Hall–Kier alpha value is -3.21. The minimum absolute atomic E-state index is 0.0436. The monoisotopic (exact) mass is 358 g/mol. The minimum atomic E-state index is -0.804. The molecule has 0 unspecified atom stereocenters. The standard InChI is InChI=1S/C18H17F2N5O/c19-14-3-4-16(15(20)10-14)23-18(26)25-7-1-6-24(8-9-25)17-5-2-13(11-21)12-22-17/h2-5,10,12H,1,6-9H2,(H,23,26)/p+1. The van der Waals surface area contributed by atoms with Crippen molar-refractivity contribution in [1.29, 1.82) is 5.26 Å². The molecule has 0 radical (unpaired) electrons. The summed E-state index contributed by atoms with van der Waals surface area (Å²) >= 11 is 0. The molecule has 0 aliphatic carbocycles. The Morgan fingerprint density at radius 3 is 2.69 bits per heavy atom. The zero-order chi connectivity index (χ0) is 18.5. The van der Waals surface area contributed by atoms with E-state index >= 15 is 0 Å². The van der Waals surface area contributed by atoms with Gasteiger partial charge in [0, 0.05) is 25.1 Å². The van der Waals surface area contributed by atoms with E-state index in [4.69, 9.17) is 5.26 Å². The molecule has 3 rings (SSSR count). The summed E-state index contributed by atoms with van der Waals surface area (Å²) < 4.78 is 26.7. The maximum atomic E-state index is 13.7. The van der Waals surface area contributed by atoms with E-state index in [0.29, 0.717) is 25.2 Å². The number of urea groups is 1. The number of hydrogen-bond acceptors (Lipinski definition) is 3. The molecule has 1 aromatic heterocycles. The number of hydrogen-bond donors (Lipinski definition) is 1. The van der Waals surface area contributed by atoms with Gasteiger partial charge in [-0.15, -0.1) is 0 Å². The van der Waals surface area contributed by atoms with Gasteiger partial charge in [-0.25, -0.2) is 18.6 Å². The number of carbonyl (C=O) groups excluding carboxylic acids is 1. The summed E-state index contributed by atoms with van der Waals surface area (Å²) in [6, 6.07) is 8.26. The van der Waals surface area contributed by atoms with Crippen LogP contribution in [0.3, 0.4) is 0 Å². The molecule has 0 atom stereocenters. The summed E-state index contributed by atoms with van der Waals surface area (Å²) in [5, 5.41) is 11.3. The quantitative estimate of drug-likeness (QED) is 0.896. The fourth-order valence-corrected chi connectivity index (χ4v) is 2.83. The first-order valence-corrected chi connectivity index (χ1v) is 8.24. The molecule has 1 aromatic carbocycles. The molecule has 1 fully saturated rings. The maximum Gasteiger partial charge on any atom is 0.322 e. The van der Waals surface area contributed by atoms with Gasteiger partial charge in [0.1, 0.15) is 30.4 Å². The van der Waals surface area contributed by atoms with Crippen LogP contribution in [-0.2, 0) is 0 Å². The normalized spacial score (nSPS) is 14.5. The second-order valence-electron chi connectivity index (χ2n) is 5.96. The van der Waals surface area contributed by atoms with Crippen molar-refractivity contribution in [2.75, 3.05) is 36.4 Å². The van der Waals surface area contributed by atoms with Crippen molar-refractivity contribution in [3.05, 3.63) is 53.7 Å². The van der Waals surface area contributed by atoms with Gasteiger partial charge in [0.2, 0.25) is 0 Å². The molecule has 6 nitrogen and oxygen atoms in total. The maximum absolute atomic E-state index is 13.7. The zero-order valence-corrected chi connectivity index (χ0v) is 14.0. The predicted octanol–water partition coefficient (Wildman–Crippen LogP) is 2.39. The number of carbonyl (C=O) groups is 1. The second kappa shape index (κ2) is 7.78. The largest absolute Gasteiger partial charge is 0.322 e. The van der Waals surface area contributed by atoms with Crippen LogP contribution in [0, 0.1) is 23.0 Å². The summed E-state index contributed by atoms with van der Waals surface area (Å²) in [7, 11) is 0. The smallest absolute Gasteiger partial charge is 0.320 e. The SMILES string of the molecule is N#Cc1ccc(N2CCCN(C(=O)Nc3ccc(F)cc3F)CC2)[nH+]c1. The fourth-order valence-electron chi connectivity index (χ4n) is 2.83. The number of halogens is 2. The first-order valence-electron chi connectivity index (χ1n) is 8.24. The van der Waals surface area contributed by atoms with Gasteiger partial charge >= 0.3 is 6.03 Å². The Bertz CT molecular complexity index is 834. The Morgan fingerprint density at radius 2 is 2.00 bits per heavy atom. The first-order chi connectivity index (χ1) is 12.6. The summed E-state index contributed by atoms with van der Waals surface area (Å²) in [4.78, 5) is 19.2. The highest BCUT2D eigenvalue weighted by Gasteiger charge is 2.24. The molecule has 0 bridgehead atoms. The van der Waals surface area contributed by atoms with Crippen molar-refractivity contribution < 1.29 is 18.6 Å². The average molecular weight is 358 g/mol. The van der Waals surface area contributed by atoms with Gasteiger partial charge in [0.15, 0.2) is 0 Å². The highest BCUT2D eigenvalue weighted by molar-refractivity contribution is 5.89. The van der Waals surface area contributed by atoms with E-state index in [-0.39, 0.29) is 5.69 Å². The number of nitriles is 1. The molecule has 0 saturated carbocycles. The third kappa shape index (κ3) is 4.06. The van der Waals surface area contributed by atoms with Gasteiger partial charge < -0.3 is 10.2 Å². The Kier molecular flexibility index (Phi) is 5.27. The average Bonchev–Trinajstić information content (AvgIpc) is 2.90. The van der Waals surface area contributed by atoms with Crippen molar-refractivity contribution >= 4 is 17.5 Å². The van der Waals surface area contributed by atoms with Crippen LogP contribution < -0.4 is 15.2 Å². The van der Waals surface area contributed by atoms with Crippen molar-refractivity contribution in [3.8, 4) is 6.07 Å². The number of anilines is 2. The molecule has 2 aromatic rings. The van der Waals surface area contributed by atoms with Gasteiger partial charge in [-0.05, 0) is 18.2 Å². The number of aromatic amines is 1. The van der Waals surface area contributed by atoms with Gasteiger partial charge in [0.05, 0.1) is 24.3 Å². The highest BCUT2D eigenvalue weighted by atomic mass is 19.1. The lowest BCUT2D eigenvalue weighted by atomic mass is 10.3. The molecule has 1 saturated heterocycles. The van der Waals surface area contributed by atoms with Gasteiger partial charge in [0.25, 0.3) is 5.82 Å². The molecule has 1 aliphatic rings. The first kappa shape index (κ1) is 17.6. The molecule has 2 N–H and O–H groups in total. The zero-order valence-electron chi connectivity index (χ0n) is 14.0. The Labute approximate surface area is 149 Å². The molecule has 8 heteroatoms. The van der Waals surface area contributed by atoms with E-state index in [0.717, 1.165) is 30.9 Å². The molecular formula is C18H18F2N5O+. The van der Waals surface area contributed by atoms with Gasteiger partial charge in [-0.2, -0.15) is 5.26 Å². The summed E-state index contributed by atoms with van der Waals surface area (Å²) in [5.74, 6) is -0.623. The van der Waals surface area contributed by atoms with Crippen molar-refractivity contribution in [3.63, 3.8) is 0 Å². The number of benzene rings is 1. The predicted molar refractivity (Wildman–Crippen MR) is 91.5 cm³/mol. The Balaban J connectivity index is 1.62. The molecule has 0 spiro atoms. The molecule has 1 aliphatic heterocycles. The van der Waals surface area contributed by atoms with E-state index < -0.39 is 17.7 Å². The summed E-state index contributed by atoms with van der Waals surface area (Å²) in [6.07, 6.45) is 2.38. The second-order valence-corrected chi connectivity index (χ2v) is 5.96. The van der Waals surface area contributed by atoms with Crippen LogP contribution in [-0.4, -0.2) is 37.1 Å². The van der Waals surface area contributed by atoms with Gasteiger partial charge in [-0.1, -0.05) is 0 Å². The third-order valence-electron chi connectivity index (χ3n) is 4.22. The number of nitrogens with zero attached hydrogens (tertiary/aromatic N) is 3. The minimum Gasteiger partial charge on any atom is -0.320 e. The lowest BCUT2D eigenvalue weighted by Gasteiger charge is -2.20. The van der Waals surface area contributed by atoms with Crippen molar-refractivity contribution in [2.24, 2.45) is 0 Å². The van der Waals surface area contributed by atoms with Crippen molar-refractivity contribution in [2.45, 2.75) is 6.42 Å². The third-order valence-corrected chi connectivity index (χ3v) is 4.22. The van der Waals surface area contributed by atoms with Crippen LogP contribution in [0.4, 0.5) is 25.1 Å². The number of amides is 2. The van der Waals surface area contributed by atoms with E-state index in [1.165, 1.54) is 6.07 Å². The highest BCUT2D eigenvalue weighted by Crippen LogP contribution is 2.17. The lowest BCUT2D eigenvalue weighted by molar-refractivity contribution is -0.364. The van der Waals surface area contributed by atoms with Gasteiger partial charge in [-0.3, -0.25) is 4.90 Å². The topological polar surface area (TPSA) is 73.5 Å². The molecule has 2 heterocycles. The molecule has 134 valence electrons. The van der Waals surface area contributed by atoms with Crippen LogP contribution in [0.2, 0.25) is 0 Å². The number of nitrogens with one attached hydrogen (secondary N) is 2. The number of pyridine rings is 1. The Morgan fingerprint density at radius 1 is 1.15 bits per heavy atom. The van der Waals surface area contributed by atoms with E-state index in [1.807, 2.05) is 6.07 Å². The number of rotatable bonds is 2. The summed E-state index contributed by atoms with van der Waals surface area (Å²) in [5.41, 5.74) is 0.504. The van der Waals surface area contributed by atoms with Crippen LogP contribution in [0.25, 0.3) is 0 Å². The number of H-pyrrole nitrogens is 1.